The van der Waals surface area contributed by atoms with Crippen molar-refractivity contribution in [1.82, 2.24) is 24.9 Å². The van der Waals surface area contributed by atoms with Crippen molar-refractivity contribution in [3.05, 3.63) is 71.4 Å². The van der Waals surface area contributed by atoms with Crippen LogP contribution in [-0.2, 0) is 0 Å². The zero-order valence-electron chi connectivity index (χ0n) is 15.6. The van der Waals surface area contributed by atoms with Crippen molar-refractivity contribution in [2.24, 2.45) is 0 Å². The number of aryl methyl sites for hydroxylation is 1. The van der Waals surface area contributed by atoms with Crippen LogP contribution in [0.5, 0.6) is 0 Å². The molecule has 0 aromatic carbocycles. The van der Waals surface area contributed by atoms with Gasteiger partial charge in [-0.2, -0.15) is 4.39 Å². The van der Waals surface area contributed by atoms with Gasteiger partial charge in [-0.15, -0.1) is 0 Å². The predicted octanol–water partition coefficient (Wildman–Crippen LogP) is 4.05. The first-order valence-electron chi connectivity index (χ1n) is 9.33. The fourth-order valence-electron chi connectivity index (χ4n) is 3.36. The second kappa shape index (κ2) is 6.73. The number of H-pyrrole nitrogens is 1. The Hall–Kier alpha value is -3.68. The number of pyridine rings is 2. The van der Waals surface area contributed by atoms with Crippen LogP contribution in [0, 0.1) is 12.9 Å². The molecule has 1 aliphatic rings. The Kier molecular flexibility index (Phi) is 4.04. The van der Waals surface area contributed by atoms with Gasteiger partial charge in [-0.3, -0.25) is 9.78 Å². The number of carbonyl (C=O) groups is 1. The molecule has 0 spiro atoms. The van der Waals surface area contributed by atoms with Gasteiger partial charge in [-0.1, -0.05) is 0 Å². The van der Waals surface area contributed by atoms with Crippen molar-refractivity contribution in [3.63, 3.8) is 0 Å². The zero-order chi connectivity index (χ0) is 20.0. The number of aromatic amines is 1. The third-order valence-corrected chi connectivity index (χ3v) is 5.05. The SMILES string of the molecule is Cc1ncnc2[nH]cc(C(=O)c3ccc(Nc4ccc(C5CC5)nc4)nc3F)c12. The summed E-state index contributed by atoms with van der Waals surface area (Å²) in [4.78, 5) is 32.3. The first kappa shape index (κ1) is 17.4. The van der Waals surface area contributed by atoms with Crippen LogP contribution in [0.4, 0.5) is 15.9 Å². The number of nitrogens with zero attached hydrogens (tertiary/aromatic N) is 4. The van der Waals surface area contributed by atoms with E-state index in [1.165, 1.54) is 31.4 Å². The molecular weight excluding hydrogens is 371 g/mol. The van der Waals surface area contributed by atoms with Gasteiger partial charge in [0.25, 0.3) is 0 Å². The number of hydrogen-bond acceptors (Lipinski definition) is 6. The topological polar surface area (TPSA) is 96.5 Å². The van der Waals surface area contributed by atoms with Crippen LogP contribution < -0.4 is 5.32 Å². The number of rotatable bonds is 5. The number of aromatic nitrogens is 5. The lowest BCUT2D eigenvalue weighted by Crippen LogP contribution is -2.07. The maximum Gasteiger partial charge on any atom is 0.226 e. The predicted molar refractivity (Wildman–Crippen MR) is 106 cm³/mol. The van der Waals surface area contributed by atoms with Gasteiger partial charge < -0.3 is 10.3 Å². The molecule has 0 radical (unpaired) electrons. The summed E-state index contributed by atoms with van der Waals surface area (Å²) in [5.74, 6) is -0.436. The summed E-state index contributed by atoms with van der Waals surface area (Å²) < 4.78 is 14.6. The van der Waals surface area contributed by atoms with Gasteiger partial charge in [0.15, 0.2) is 5.78 Å². The Morgan fingerprint density at radius 3 is 2.72 bits per heavy atom. The van der Waals surface area contributed by atoms with Gasteiger partial charge in [0, 0.05) is 17.8 Å². The number of anilines is 2. The Morgan fingerprint density at radius 2 is 2.00 bits per heavy atom. The van der Waals surface area contributed by atoms with E-state index in [0.29, 0.717) is 39.7 Å². The molecule has 2 N–H and O–H groups in total. The quantitative estimate of drug-likeness (QED) is 0.396. The zero-order valence-corrected chi connectivity index (χ0v) is 15.6. The van der Waals surface area contributed by atoms with Crippen molar-refractivity contribution in [2.45, 2.75) is 25.7 Å². The lowest BCUT2D eigenvalue weighted by atomic mass is 10.0. The molecule has 29 heavy (non-hydrogen) atoms. The lowest BCUT2D eigenvalue weighted by Gasteiger charge is -2.08. The maximum absolute atomic E-state index is 14.6. The fourth-order valence-corrected chi connectivity index (χ4v) is 3.36. The summed E-state index contributed by atoms with van der Waals surface area (Å²) in [7, 11) is 0. The Labute approximate surface area is 165 Å². The maximum atomic E-state index is 14.6. The summed E-state index contributed by atoms with van der Waals surface area (Å²) in [5.41, 5.74) is 3.18. The molecule has 7 nitrogen and oxygen atoms in total. The molecule has 1 aliphatic carbocycles. The third kappa shape index (κ3) is 3.22. The molecule has 1 fully saturated rings. The van der Waals surface area contributed by atoms with E-state index in [4.69, 9.17) is 0 Å². The number of ketones is 1. The number of hydrogen-bond donors (Lipinski definition) is 2. The molecule has 4 aromatic rings. The summed E-state index contributed by atoms with van der Waals surface area (Å²) in [6.07, 6.45) is 7.01. The molecule has 0 amide bonds. The normalized spacial score (nSPS) is 13.6. The Bertz CT molecular complexity index is 1230. The average Bonchev–Trinajstić information content (AvgIpc) is 3.47. The first-order chi connectivity index (χ1) is 14.1. The minimum Gasteiger partial charge on any atom is -0.345 e. The molecule has 0 aliphatic heterocycles. The Balaban J connectivity index is 1.40. The third-order valence-electron chi connectivity index (χ3n) is 5.05. The van der Waals surface area contributed by atoms with E-state index in [1.807, 2.05) is 12.1 Å². The monoisotopic (exact) mass is 388 g/mol. The van der Waals surface area contributed by atoms with Gasteiger partial charge in [0.1, 0.15) is 17.8 Å². The molecule has 0 atom stereocenters. The largest absolute Gasteiger partial charge is 0.345 e. The van der Waals surface area contributed by atoms with Crippen LogP contribution in [0.3, 0.4) is 0 Å². The van der Waals surface area contributed by atoms with Crippen LogP contribution in [0.15, 0.2) is 43.0 Å². The first-order valence-corrected chi connectivity index (χ1v) is 9.33. The van der Waals surface area contributed by atoms with E-state index >= 15 is 0 Å². The highest BCUT2D eigenvalue weighted by Crippen LogP contribution is 2.39. The average molecular weight is 388 g/mol. The van der Waals surface area contributed by atoms with Crippen molar-refractivity contribution >= 4 is 28.3 Å². The summed E-state index contributed by atoms with van der Waals surface area (Å²) >= 11 is 0. The van der Waals surface area contributed by atoms with E-state index in [2.05, 4.69) is 30.2 Å². The summed E-state index contributed by atoms with van der Waals surface area (Å²) in [5, 5.41) is 3.60. The van der Waals surface area contributed by atoms with Crippen molar-refractivity contribution < 1.29 is 9.18 Å². The minimum absolute atomic E-state index is 0.109. The highest BCUT2D eigenvalue weighted by atomic mass is 19.1. The van der Waals surface area contributed by atoms with Gasteiger partial charge >= 0.3 is 0 Å². The van der Waals surface area contributed by atoms with Gasteiger partial charge in [-0.25, -0.2) is 15.0 Å². The van der Waals surface area contributed by atoms with Gasteiger partial charge in [0.05, 0.1) is 34.1 Å². The molecule has 4 aromatic heterocycles. The number of nitrogens with one attached hydrogen (secondary N) is 2. The lowest BCUT2D eigenvalue weighted by molar-refractivity contribution is 0.103. The highest BCUT2D eigenvalue weighted by molar-refractivity contribution is 6.16. The van der Waals surface area contributed by atoms with Gasteiger partial charge in [-0.05, 0) is 44.0 Å². The highest BCUT2D eigenvalue weighted by Gasteiger charge is 2.24. The van der Waals surface area contributed by atoms with E-state index < -0.39 is 11.7 Å². The van der Waals surface area contributed by atoms with Crippen LogP contribution in [0.1, 0.15) is 46.1 Å². The second-order valence-electron chi connectivity index (χ2n) is 7.12. The summed E-state index contributed by atoms with van der Waals surface area (Å²) in [6.45, 7) is 1.78. The molecule has 8 heteroatoms. The Morgan fingerprint density at radius 1 is 1.14 bits per heavy atom. The molecular formula is C21H17FN6O. The number of halogens is 1. The molecule has 5 rings (SSSR count). The molecule has 0 unspecified atom stereocenters. The minimum atomic E-state index is -0.841. The second-order valence-corrected chi connectivity index (χ2v) is 7.12. The van der Waals surface area contributed by atoms with Crippen molar-refractivity contribution in [3.8, 4) is 0 Å². The van der Waals surface area contributed by atoms with Crippen molar-refractivity contribution in [1.29, 1.82) is 0 Å². The van der Waals surface area contributed by atoms with Crippen LogP contribution in [-0.4, -0.2) is 30.7 Å². The van der Waals surface area contributed by atoms with Crippen LogP contribution >= 0.6 is 0 Å². The fraction of sp³-hybridized carbons (Fsp3) is 0.190. The van der Waals surface area contributed by atoms with E-state index in [0.717, 1.165) is 5.69 Å². The smallest absolute Gasteiger partial charge is 0.226 e. The number of carbonyl (C=O) groups excluding carboxylic acids is 1. The molecule has 1 saturated carbocycles. The molecule has 144 valence electrons. The molecule has 4 heterocycles. The van der Waals surface area contributed by atoms with Crippen LogP contribution in [0.25, 0.3) is 11.0 Å². The van der Waals surface area contributed by atoms with Crippen LogP contribution in [0.2, 0.25) is 0 Å². The van der Waals surface area contributed by atoms with E-state index in [1.54, 1.807) is 19.2 Å². The standard InChI is InChI=1S/C21H17FN6O/c1-11-18-15(9-24-21(18)26-10-25-11)19(29)14-5-7-17(28-20(14)22)27-13-4-6-16(23-8-13)12-2-3-12/h4-10,12H,2-3H2,1H3,(H,27,28)(H,24,25,26). The van der Waals surface area contributed by atoms with E-state index in [9.17, 15) is 9.18 Å². The number of fused-ring (bicyclic) bond motifs is 1. The van der Waals surface area contributed by atoms with Gasteiger partial charge in [0.2, 0.25) is 5.95 Å². The van der Waals surface area contributed by atoms with E-state index in [-0.39, 0.29) is 5.56 Å². The summed E-state index contributed by atoms with van der Waals surface area (Å²) in [6, 6.07) is 6.87. The van der Waals surface area contributed by atoms with Crippen molar-refractivity contribution in [2.75, 3.05) is 5.32 Å². The molecule has 0 saturated heterocycles. The molecule has 0 bridgehead atoms.